The van der Waals surface area contributed by atoms with E-state index in [0.29, 0.717) is 12.6 Å². The first-order valence-electron chi connectivity index (χ1n) is 10.3. The molecule has 0 aliphatic carbocycles. The van der Waals surface area contributed by atoms with Crippen molar-refractivity contribution in [1.82, 2.24) is 24.7 Å². The van der Waals surface area contributed by atoms with Crippen LogP contribution in [0.3, 0.4) is 0 Å². The van der Waals surface area contributed by atoms with E-state index >= 15 is 0 Å². The number of rotatable bonds is 6. The van der Waals surface area contributed by atoms with E-state index in [1.54, 1.807) is 0 Å². The minimum Gasteiger partial charge on any atom is -0.357 e. The molecule has 1 saturated heterocycles. The minimum atomic E-state index is 0.592. The van der Waals surface area contributed by atoms with Gasteiger partial charge in [-0.2, -0.15) is 0 Å². The van der Waals surface area contributed by atoms with E-state index in [-0.39, 0.29) is 0 Å². The molecule has 1 N–H and O–H groups in total. The number of nitrogens with zero attached hydrogens (tertiary/aromatic N) is 5. The van der Waals surface area contributed by atoms with E-state index in [0.717, 1.165) is 51.1 Å². The van der Waals surface area contributed by atoms with Crippen LogP contribution >= 0.6 is 0 Å². The van der Waals surface area contributed by atoms with Crippen molar-refractivity contribution in [3.05, 3.63) is 66.3 Å². The summed E-state index contributed by atoms with van der Waals surface area (Å²) in [5, 5.41) is 3.47. The van der Waals surface area contributed by atoms with E-state index in [9.17, 15) is 0 Å². The van der Waals surface area contributed by atoms with Gasteiger partial charge in [-0.1, -0.05) is 42.5 Å². The van der Waals surface area contributed by atoms with Gasteiger partial charge in [-0.15, -0.1) is 0 Å². The Kier molecular flexibility index (Phi) is 6.07. The summed E-state index contributed by atoms with van der Waals surface area (Å²) in [6.45, 7) is 8.71. The molecular weight excluding hydrogens is 348 g/mol. The number of nitrogens with one attached hydrogen (secondary N) is 1. The summed E-state index contributed by atoms with van der Waals surface area (Å²) in [6.07, 6.45) is 9.65. The summed E-state index contributed by atoms with van der Waals surface area (Å²) in [4.78, 5) is 14.4. The van der Waals surface area contributed by atoms with Crippen LogP contribution in [-0.4, -0.2) is 64.1 Å². The van der Waals surface area contributed by atoms with E-state index in [1.165, 1.54) is 12.0 Å². The number of aliphatic imine (C=N–C) groups is 1. The first-order chi connectivity index (χ1) is 13.8. The highest BCUT2D eigenvalue weighted by molar-refractivity contribution is 5.80. The van der Waals surface area contributed by atoms with Gasteiger partial charge >= 0.3 is 0 Å². The van der Waals surface area contributed by atoms with Gasteiger partial charge in [-0.3, -0.25) is 4.90 Å². The second-order valence-electron chi connectivity index (χ2n) is 7.44. The Balaban J connectivity index is 1.41. The largest absolute Gasteiger partial charge is 0.357 e. The van der Waals surface area contributed by atoms with Gasteiger partial charge < -0.3 is 14.8 Å². The minimum absolute atomic E-state index is 0.592. The van der Waals surface area contributed by atoms with Crippen LogP contribution in [0.2, 0.25) is 0 Å². The monoisotopic (exact) mass is 378 g/mol. The Morgan fingerprint density at radius 3 is 2.82 bits per heavy atom. The molecule has 6 nitrogen and oxygen atoms in total. The molecule has 0 amide bonds. The normalized spacial score (nSPS) is 20.2. The topological polar surface area (TPSA) is 48.7 Å². The van der Waals surface area contributed by atoms with Crippen molar-refractivity contribution in [3.63, 3.8) is 0 Å². The highest BCUT2D eigenvalue weighted by Gasteiger charge is 2.29. The third kappa shape index (κ3) is 4.44. The van der Waals surface area contributed by atoms with Crippen LogP contribution in [0, 0.1) is 0 Å². The molecule has 2 aromatic rings. The third-order valence-electron chi connectivity index (χ3n) is 5.53. The van der Waals surface area contributed by atoms with Crippen LogP contribution < -0.4 is 5.32 Å². The number of guanidine groups is 1. The molecule has 1 aromatic heterocycles. The van der Waals surface area contributed by atoms with Gasteiger partial charge in [0.1, 0.15) is 12.4 Å². The van der Waals surface area contributed by atoms with Gasteiger partial charge in [0.05, 0.1) is 0 Å². The Hall–Kier alpha value is -2.60. The molecule has 148 valence electrons. The summed E-state index contributed by atoms with van der Waals surface area (Å²) < 4.78 is 2.19. The first kappa shape index (κ1) is 18.7. The molecule has 0 saturated carbocycles. The van der Waals surface area contributed by atoms with Crippen LogP contribution in [0.25, 0.3) is 0 Å². The van der Waals surface area contributed by atoms with Crippen LogP contribution in [0.1, 0.15) is 24.7 Å². The van der Waals surface area contributed by atoms with Gasteiger partial charge in [0, 0.05) is 57.7 Å². The highest BCUT2D eigenvalue weighted by Crippen LogP contribution is 2.18. The number of hydrogen-bond acceptors (Lipinski definition) is 3. The molecule has 4 rings (SSSR count). The fourth-order valence-corrected chi connectivity index (χ4v) is 4.01. The van der Waals surface area contributed by atoms with Crippen LogP contribution in [-0.2, 0) is 13.1 Å². The Labute approximate surface area is 167 Å². The molecule has 2 aliphatic heterocycles. The van der Waals surface area contributed by atoms with Gasteiger partial charge in [0.25, 0.3) is 0 Å². The van der Waals surface area contributed by atoms with E-state index in [4.69, 9.17) is 4.99 Å². The van der Waals surface area contributed by atoms with Gasteiger partial charge in [0.15, 0.2) is 5.96 Å². The van der Waals surface area contributed by atoms with Crippen molar-refractivity contribution < 1.29 is 0 Å². The SMILES string of the molecule is CCNC(=NCc1nccn1Cc1ccccc1)N1CCC(N2CC=CC2)C1. The maximum Gasteiger partial charge on any atom is 0.194 e. The van der Waals surface area contributed by atoms with Crippen molar-refractivity contribution in [2.45, 2.75) is 32.5 Å². The molecule has 6 heteroatoms. The molecule has 0 radical (unpaired) electrons. The summed E-state index contributed by atoms with van der Waals surface area (Å²) in [6, 6.07) is 11.1. The second kappa shape index (κ2) is 9.06. The molecular formula is C22H30N6. The predicted molar refractivity (Wildman–Crippen MR) is 113 cm³/mol. The van der Waals surface area contributed by atoms with Crippen LogP contribution in [0.5, 0.6) is 0 Å². The molecule has 0 spiro atoms. The van der Waals surface area contributed by atoms with Crippen LogP contribution in [0.15, 0.2) is 59.9 Å². The van der Waals surface area contributed by atoms with Gasteiger partial charge in [-0.25, -0.2) is 9.98 Å². The number of imidazole rings is 1. The Morgan fingerprint density at radius 2 is 2.04 bits per heavy atom. The lowest BCUT2D eigenvalue weighted by Crippen LogP contribution is -2.42. The van der Waals surface area contributed by atoms with Gasteiger partial charge in [-0.05, 0) is 18.9 Å². The lowest BCUT2D eigenvalue weighted by Gasteiger charge is -2.25. The van der Waals surface area contributed by atoms with E-state index in [1.807, 2.05) is 18.5 Å². The van der Waals surface area contributed by atoms with Crippen molar-refractivity contribution in [2.24, 2.45) is 4.99 Å². The lowest BCUT2D eigenvalue weighted by atomic mass is 10.2. The molecule has 3 heterocycles. The smallest absolute Gasteiger partial charge is 0.194 e. The van der Waals surface area contributed by atoms with Crippen molar-refractivity contribution in [2.75, 3.05) is 32.7 Å². The zero-order chi connectivity index (χ0) is 19.2. The average molecular weight is 379 g/mol. The molecule has 28 heavy (non-hydrogen) atoms. The standard InChI is InChI=1S/C22H30N6/c1-2-23-22(28-14-10-20(18-28)26-12-6-7-13-26)25-16-21-24-11-15-27(21)17-19-8-4-3-5-9-19/h3-9,11,15,20H,2,10,12-14,16-18H2,1H3,(H,23,25). The summed E-state index contributed by atoms with van der Waals surface area (Å²) in [7, 11) is 0. The lowest BCUT2D eigenvalue weighted by molar-refractivity contribution is 0.259. The van der Waals surface area contributed by atoms with Crippen LogP contribution in [0.4, 0.5) is 0 Å². The quantitative estimate of drug-likeness (QED) is 0.476. The first-order valence-corrected chi connectivity index (χ1v) is 10.3. The maximum absolute atomic E-state index is 4.92. The zero-order valence-electron chi connectivity index (χ0n) is 16.7. The average Bonchev–Trinajstić information content (AvgIpc) is 3.47. The number of benzene rings is 1. The number of hydrogen-bond donors (Lipinski definition) is 1. The molecule has 1 unspecified atom stereocenters. The molecule has 2 aliphatic rings. The summed E-state index contributed by atoms with van der Waals surface area (Å²) in [5.74, 6) is 2.00. The molecule has 1 atom stereocenters. The fraction of sp³-hybridized carbons (Fsp3) is 0.455. The predicted octanol–water partition coefficient (Wildman–Crippen LogP) is 2.34. The zero-order valence-corrected chi connectivity index (χ0v) is 16.7. The molecule has 1 fully saturated rings. The van der Waals surface area contributed by atoms with Gasteiger partial charge in [0.2, 0.25) is 0 Å². The Morgan fingerprint density at radius 1 is 1.21 bits per heavy atom. The summed E-state index contributed by atoms with van der Waals surface area (Å²) in [5.41, 5.74) is 1.28. The fourth-order valence-electron chi connectivity index (χ4n) is 4.01. The van der Waals surface area contributed by atoms with Crippen molar-refractivity contribution >= 4 is 5.96 Å². The van der Waals surface area contributed by atoms with Crippen molar-refractivity contribution in [3.8, 4) is 0 Å². The van der Waals surface area contributed by atoms with E-state index < -0.39 is 0 Å². The summed E-state index contributed by atoms with van der Waals surface area (Å²) >= 11 is 0. The second-order valence-corrected chi connectivity index (χ2v) is 7.44. The molecule has 1 aromatic carbocycles. The van der Waals surface area contributed by atoms with E-state index in [2.05, 4.69) is 68.0 Å². The third-order valence-corrected chi connectivity index (χ3v) is 5.53. The molecule has 0 bridgehead atoms. The maximum atomic E-state index is 4.92. The Bertz CT molecular complexity index is 801. The van der Waals surface area contributed by atoms with Crippen molar-refractivity contribution in [1.29, 1.82) is 0 Å². The highest BCUT2D eigenvalue weighted by atomic mass is 15.3. The number of likely N-dealkylation sites (tertiary alicyclic amines) is 1. The number of aromatic nitrogens is 2.